The monoisotopic (exact) mass is 377 g/mol. The van der Waals surface area contributed by atoms with Crippen molar-refractivity contribution in [2.75, 3.05) is 12.4 Å². The Morgan fingerprint density at radius 2 is 1.74 bits per heavy atom. The molecular weight excluding hydrogens is 354 g/mol. The van der Waals surface area contributed by atoms with E-state index >= 15 is 0 Å². The molecule has 3 rings (SSSR count). The zero-order valence-electron chi connectivity index (χ0n) is 16.0. The fourth-order valence-electron chi connectivity index (χ4n) is 2.81. The minimum atomic E-state index is 0.466. The second kappa shape index (κ2) is 8.18. The van der Waals surface area contributed by atoms with E-state index in [2.05, 4.69) is 47.9 Å². The molecule has 0 aromatic heterocycles. The largest absolute Gasteiger partial charge is 0.497 e. The molecule has 0 amide bonds. The maximum absolute atomic E-state index is 5.37. The number of nitrogens with one attached hydrogen (secondary N) is 2. The molecule has 5 heteroatoms. The second-order valence-electron chi connectivity index (χ2n) is 6.44. The maximum atomic E-state index is 5.37. The van der Waals surface area contributed by atoms with Gasteiger partial charge in [0.15, 0.2) is 5.11 Å². The molecular formula is C22H23N3OS. The van der Waals surface area contributed by atoms with Crippen molar-refractivity contribution in [3.05, 3.63) is 71.3 Å². The summed E-state index contributed by atoms with van der Waals surface area (Å²) in [6, 6.07) is 18.3. The predicted molar refractivity (Wildman–Crippen MR) is 118 cm³/mol. The average molecular weight is 378 g/mol. The van der Waals surface area contributed by atoms with E-state index in [1.165, 1.54) is 11.1 Å². The van der Waals surface area contributed by atoms with E-state index in [1.54, 1.807) is 7.11 Å². The molecule has 3 aromatic rings. The fourth-order valence-corrected chi connectivity index (χ4v) is 2.97. The van der Waals surface area contributed by atoms with Crippen molar-refractivity contribution < 1.29 is 4.74 Å². The van der Waals surface area contributed by atoms with Crippen LogP contribution in [0.5, 0.6) is 5.75 Å². The molecule has 0 heterocycles. The molecule has 0 fully saturated rings. The summed E-state index contributed by atoms with van der Waals surface area (Å²) >= 11 is 5.37. The lowest BCUT2D eigenvalue weighted by molar-refractivity contribution is 0.415. The molecule has 0 saturated heterocycles. The molecule has 27 heavy (non-hydrogen) atoms. The predicted octanol–water partition coefficient (Wildman–Crippen LogP) is 5.18. The summed E-state index contributed by atoms with van der Waals surface area (Å²) in [6.07, 6.45) is 0. The van der Waals surface area contributed by atoms with E-state index in [0.717, 1.165) is 33.5 Å². The van der Waals surface area contributed by atoms with Gasteiger partial charge in [-0.2, -0.15) is 5.10 Å². The molecule has 0 aliphatic heterocycles. The molecule has 138 valence electrons. The van der Waals surface area contributed by atoms with Gasteiger partial charge in [0.1, 0.15) is 5.75 Å². The highest BCUT2D eigenvalue weighted by Crippen LogP contribution is 2.22. The second-order valence-corrected chi connectivity index (χ2v) is 6.85. The van der Waals surface area contributed by atoms with E-state index in [4.69, 9.17) is 17.0 Å². The Labute approximate surface area is 165 Å². The lowest BCUT2D eigenvalue weighted by atomic mass is 10.0. The highest BCUT2D eigenvalue weighted by Gasteiger charge is 2.04. The van der Waals surface area contributed by atoms with Crippen LogP contribution in [0.3, 0.4) is 0 Å². The zero-order chi connectivity index (χ0) is 19.4. The van der Waals surface area contributed by atoms with Crippen LogP contribution in [-0.4, -0.2) is 17.9 Å². The minimum absolute atomic E-state index is 0.466. The fraction of sp³-hybridized carbons (Fsp3) is 0.182. The summed E-state index contributed by atoms with van der Waals surface area (Å²) in [6.45, 7) is 6.10. The summed E-state index contributed by atoms with van der Waals surface area (Å²) in [5.74, 6) is 0.852. The Kier molecular flexibility index (Phi) is 5.72. The first-order chi connectivity index (χ1) is 13.0. The first-order valence-corrected chi connectivity index (χ1v) is 9.14. The van der Waals surface area contributed by atoms with Crippen molar-refractivity contribution in [3.63, 3.8) is 0 Å². The maximum Gasteiger partial charge on any atom is 0.191 e. The first kappa shape index (κ1) is 18.9. The molecule has 0 aliphatic rings. The summed E-state index contributed by atoms with van der Waals surface area (Å²) in [5.41, 5.74) is 8.20. The van der Waals surface area contributed by atoms with E-state index in [9.17, 15) is 0 Å². The molecule has 3 aromatic carbocycles. The van der Waals surface area contributed by atoms with Crippen molar-refractivity contribution in [3.8, 4) is 5.75 Å². The Bertz CT molecular complexity index is 1030. The van der Waals surface area contributed by atoms with Crippen LogP contribution >= 0.6 is 12.2 Å². The molecule has 0 radical (unpaired) electrons. The smallest absolute Gasteiger partial charge is 0.191 e. The van der Waals surface area contributed by atoms with Gasteiger partial charge in [-0.05, 0) is 84.7 Å². The normalized spacial score (nSPS) is 11.3. The van der Waals surface area contributed by atoms with Gasteiger partial charge in [-0.15, -0.1) is 0 Å². The standard InChI is InChI=1S/C22H23N3OS/c1-14-6-5-7-21(15(14)2)23-22(27)25-24-16(3)17-8-9-19-13-20(26-4)11-10-18(19)12-17/h5-13H,1-4H3,(H2,23,25,27)/b24-16-. The van der Waals surface area contributed by atoms with Crippen molar-refractivity contribution in [1.29, 1.82) is 0 Å². The van der Waals surface area contributed by atoms with Crippen LogP contribution < -0.4 is 15.5 Å². The number of aryl methyl sites for hydroxylation is 1. The van der Waals surface area contributed by atoms with Gasteiger partial charge < -0.3 is 10.1 Å². The van der Waals surface area contributed by atoms with Crippen LogP contribution in [0, 0.1) is 13.8 Å². The highest BCUT2D eigenvalue weighted by atomic mass is 32.1. The van der Waals surface area contributed by atoms with Crippen LogP contribution in [-0.2, 0) is 0 Å². The van der Waals surface area contributed by atoms with Crippen LogP contribution in [0.25, 0.3) is 10.8 Å². The number of benzene rings is 3. The number of anilines is 1. The van der Waals surface area contributed by atoms with Crippen LogP contribution in [0.4, 0.5) is 5.69 Å². The van der Waals surface area contributed by atoms with Gasteiger partial charge in [-0.25, -0.2) is 0 Å². The van der Waals surface area contributed by atoms with Crippen molar-refractivity contribution in [2.24, 2.45) is 5.10 Å². The van der Waals surface area contributed by atoms with E-state index in [1.807, 2.05) is 43.3 Å². The van der Waals surface area contributed by atoms with Gasteiger partial charge in [0, 0.05) is 5.69 Å². The molecule has 0 unspecified atom stereocenters. The number of thiocarbonyl (C=S) groups is 1. The van der Waals surface area contributed by atoms with E-state index in [-0.39, 0.29) is 0 Å². The van der Waals surface area contributed by atoms with Gasteiger partial charge in [-0.1, -0.05) is 30.3 Å². The average Bonchev–Trinajstić information content (AvgIpc) is 2.68. The minimum Gasteiger partial charge on any atom is -0.497 e. The molecule has 0 bridgehead atoms. The zero-order valence-corrected chi connectivity index (χ0v) is 16.8. The number of hydrogen-bond donors (Lipinski definition) is 2. The topological polar surface area (TPSA) is 45.6 Å². The number of rotatable bonds is 4. The van der Waals surface area contributed by atoms with Crippen LogP contribution in [0.15, 0.2) is 59.7 Å². The highest BCUT2D eigenvalue weighted by molar-refractivity contribution is 7.80. The Morgan fingerprint density at radius 3 is 2.52 bits per heavy atom. The summed E-state index contributed by atoms with van der Waals surface area (Å²) in [5, 5.41) is 10.4. The van der Waals surface area contributed by atoms with Gasteiger partial charge in [-0.3, -0.25) is 5.43 Å². The van der Waals surface area contributed by atoms with Crippen molar-refractivity contribution in [1.82, 2.24) is 5.43 Å². The summed E-state index contributed by atoms with van der Waals surface area (Å²) in [4.78, 5) is 0. The summed E-state index contributed by atoms with van der Waals surface area (Å²) in [7, 11) is 1.67. The van der Waals surface area contributed by atoms with E-state index < -0.39 is 0 Å². The number of methoxy groups -OCH3 is 1. The van der Waals surface area contributed by atoms with Gasteiger partial charge in [0.05, 0.1) is 12.8 Å². The summed E-state index contributed by atoms with van der Waals surface area (Å²) < 4.78 is 5.27. The number of hydrogen-bond acceptors (Lipinski definition) is 3. The van der Waals surface area contributed by atoms with E-state index in [0.29, 0.717) is 5.11 Å². The van der Waals surface area contributed by atoms with Gasteiger partial charge >= 0.3 is 0 Å². The van der Waals surface area contributed by atoms with Crippen LogP contribution in [0.2, 0.25) is 0 Å². The van der Waals surface area contributed by atoms with Crippen molar-refractivity contribution >= 4 is 39.5 Å². The molecule has 0 aliphatic carbocycles. The molecule has 0 saturated carbocycles. The lowest BCUT2D eigenvalue weighted by Gasteiger charge is -2.12. The Morgan fingerprint density at radius 1 is 1.00 bits per heavy atom. The third-order valence-corrected chi connectivity index (χ3v) is 4.84. The number of ether oxygens (including phenoxy) is 1. The number of hydrazone groups is 1. The third-order valence-electron chi connectivity index (χ3n) is 4.64. The third kappa shape index (κ3) is 4.44. The Hall–Kier alpha value is -2.92. The lowest BCUT2D eigenvalue weighted by Crippen LogP contribution is -2.25. The molecule has 4 nitrogen and oxygen atoms in total. The molecule has 0 atom stereocenters. The van der Waals surface area contributed by atoms with Gasteiger partial charge in [0.2, 0.25) is 0 Å². The first-order valence-electron chi connectivity index (χ1n) is 8.73. The quantitative estimate of drug-likeness (QED) is 0.374. The SMILES string of the molecule is COc1ccc2cc(/C(C)=N\NC(=S)Nc3cccc(C)c3C)ccc2c1. The number of fused-ring (bicyclic) bond motifs is 1. The molecule has 2 N–H and O–H groups in total. The van der Waals surface area contributed by atoms with Crippen LogP contribution in [0.1, 0.15) is 23.6 Å². The molecule has 0 spiro atoms. The Balaban J connectivity index is 1.72. The van der Waals surface area contributed by atoms with Crippen molar-refractivity contribution in [2.45, 2.75) is 20.8 Å². The van der Waals surface area contributed by atoms with Gasteiger partial charge in [0.25, 0.3) is 0 Å². The number of nitrogens with zero attached hydrogens (tertiary/aromatic N) is 1.